The quantitative estimate of drug-likeness (QED) is 0.147. The summed E-state index contributed by atoms with van der Waals surface area (Å²) in [5, 5.41) is 8.56. The summed E-state index contributed by atoms with van der Waals surface area (Å²) >= 11 is 0. The number of benzene rings is 3. The molecule has 8 rings (SSSR count). The summed E-state index contributed by atoms with van der Waals surface area (Å²) in [6.45, 7) is 6.99. The van der Waals surface area contributed by atoms with E-state index in [0.29, 0.717) is 6.04 Å². The molecule has 2 aliphatic heterocycles. The lowest BCUT2D eigenvalue weighted by Gasteiger charge is -2.32. The van der Waals surface area contributed by atoms with Crippen LogP contribution in [0.25, 0.3) is 44.2 Å². The largest absolute Gasteiger partial charge is 0.453 e. The predicted molar refractivity (Wildman–Crippen MR) is 191 cm³/mol. The number of hydrogen-bond donors (Lipinski definition) is 4. The van der Waals surface area contributed by atoms with Crippen molar-refractivity contribution in [3.63, 3.8) is 0 Å². The molecule has 3 aromatic carbocycles. The Morgan fingerprint density at radius 3 is 2.55 bits per heavy atom. The van der Waals surface area contributed by atoms with Gasteiger partial charge in [0.25, 0.3) is 0 Å². The maximum absolute atomic E-state index is 13.9. The van der Waals surface area contributed by atoms with Crippen LogP contribution >= 0.6 is 0 Å². The summed E-state index contributed by atoms with van der Waals surface area (Å²) in [6, 6.07) is 15.0. The molecule has 2 saturated heterocycles. The van der Waals surface area contributed by atoms with Gasteiger partial charge in [-0.05, 0) is 104 Å². The van der Waals surface area contributed by atoms with Gasteiger partial charge >= 0.3 is 6.09 Å². The van der Waals surface area contributed by atoms with Crippen molar-refractivity contribution in [2.45, 2.75) is 89.9 Å². The molecule has 4 atom stereocenters. The van der Waals surface area contributed by atoms with Crippen LogP contribution in [0.1, 0.15) is 87.7 Å². The zero-order chi connectivity index (χ0) is 33.8. The van der Waals surface area contributed by atoms with Crippen molar-refractivity contribution in [1.82, 2.24) is 35.5 Å². The Morgan fingerprint density at radius 2 is 1.78 bits per heavy atom. The SMILES string of the molecule is COC(=O)N[C@H](C(=O)N1[C@@H](C)CC[C@H]1c1nc2ccc3cc(-c4ccc(-c5cnc([C@@H]6CCCN6)[nH]5)c5c4CCC5)ccc3c2[nH]1)C(C)C. The number of imidazole rings is 2. The maximum Gasteiger partial charge on any atom is 0.407 e. The minimum Gasteiger partial charge on any atom is -0.453 e. The average molecular weight is 660 g/mol. The number of fused-ring (bicyclic) bond motifs is 4. The molecule has 2 amide bonds. The van der Waals surface area contributed by atoms with Gasteiger partial charge in [0.05, 0.1) is 42.1 Å². The lowest BCUT2D eigenvalue weighted by molar-refractivity contribution is -0.137. The number of ether oxygens (including phenoxy) is 1. The lowest BCUT2D eigenvalue weighted by Crippen LogP contribution is -2.52. The first-order chi connectivity index (χ1) is 23.8. The average Bonchev–Trinajstić information content (AvgIpc) is 3.95. The zero-order valence-corrected chi connectivity index (χ0v) is 28.7. The van der Waals surface area contributed by atoms with E-state index in [1.54, 1.807) is 0 Å². The van der Waals surface area contributed by atoms with Crippen molar-refractivity contribution >= 4 is 33.8 Å². The number of carbonyl (C=O) groups is 2. The molecule has 0 radical (unpaired) electrons. The predicted octanol–water partition coefficient (Wildman–Crippen LogP) is 7.12. The van der Waals surface area contributed by atoms with Gasteiger partial charge in [0.15, 0.2) is 0 Å². The normalized spacial score (nSPS) is 21.2. The summed E-state index contributed by atoms with van der Waals surface area (Å²) in [7, 11) is 1.31. The standard InChI is InChI=1S/C39H45N7O3/c1-21(2)34(45-39(48)49-4)38(47)46-22(3)10-17-33(46)37-42-30-16-12-24-19-23(11-13-26(24)35(30)44-37)25-14-15-29(28-8-5-7-27(25)28)32-20-41-36(43-32)31-9-6-18-40-31/h11-16,19-22,31,33-34,40H,5-10,17-18H2,1-4H3,(H,41,43)(H,42,44)(H,45,48)/t22-,31-,33-,34-/m0/s1. The van der Waals surface area contributed by atoms with Crippen LogP contribution < -0.4 is 10.6 Å². The van der Waals surface area contributed by atoms with Gasteiger partial charge in [0, 0.05) is 17.0 Å². The molecule has 1 aliphatic carbocycles. The third-order valence-electron chi connectivity index (χ3n) is 11.0. The molecule has 0 bridgehead atoms. The number of carbonyl (C=O) groups excluding carboxylic acids is 2. The van der Waals surface area contributed by atoms with Crippen LogP contribution in [0.3, 0.4) is 0 Å². The Labute approximate surface area is 286 Å². The fourth-order valence-corrected chi connectivity index (χ4v) is 8.44. The third-order valence-corrected chi connectivity index (χ3v) is 11.0. The minimum atomic E-state index is -0.680. The molecule has 4 N–H and O–H groups in total. The highest BCUT2D eigenvalue weighted by atomic mass is 16.5. The van der Waals surface area contributed by atoms with E-state index >= 15 is 0 Å². The topological polar surface area (TPSA) is 128 Å². The summed E-state index contributed by atoms with van der Waals surface area (Å²) in [5.41, 5.74) is 9.64. The number of nitrogens with one attached hydrogen (secondary N) is 4. The van der Waals surface area contributed by atoms with Crippen molar-refractivity contribution in [3.8, 4) is 22.4 Å². The van der Waals surface area contributed by atoms with Gasteiger partial charge in [-0.2, -0.15) is 0 Å². The smallest absolute Gasteiger partial charge is 0.407 e. The molecule has 49 heavy (non-hydrogen) atoms. The maximum atomic E-state index is 13.9. The van der Waals surface area contributed by atoms with Crippen LogP contribution in [0.4, 0.5) is 4.79 Å². The third kappa shape index (κ3) is 5.56. The van der Waals surface area contributed by atoms with Crippen LogP contribution in [-0.4, -0.2) is 62.6 Å². The van der Waals surface area contributed by atoms with E-state index in [1.807, 2.05) is 24.9 Å². The van der Waals surface area contributed by atoms with Crippen LogP contribution in [0.15, 0.2) is 48.7 Å². The van der Waals surface area contributed by atoms with E-state index in [4.69, 9.17) is 14.7 Å². The number of H-pyrrole nitrogens is 2. The molecule has 2 aromatic heterocycles. The number of rotatable bonds is 7. The summed E-state index contributed by atoms with van der Waals surface area (Å²) in [6.07, 6.45) is 8.71. The number of hydrogen-bond acceptors (Lipinski definition) is 6. The second kappa shape index (κ2) is 12.6. The Balaban J connectivity index is 1.10. The minimum absolute atomic E-state index is 0.0263. The number of likely N-dealkylation sites (tertiary alicyclic amines) is 1. The molecule has 3 aliphatic rings. The van der Waals surface area contributed by atoms with Crippen molar-refractivity contribution in [3.05, 3.63) is 71.4 Å². The van der Waals surface area contributed by atoms with Gasteiger partial charge in [-0.25, -0.2) is 14.8 Å². The molecule has 5 aromatic rings. The molecule has 10 heteroatoms. The first kappa shape index (κ1) is 31.6. The highest BCUT2D eigenvalue weighted by Crippen LogP contribution is 2.41. The van der Waals surface area contributed by atoms with Crippen molar-refractivity contribution in [2.24, 2.45) is 5.92 Å². The fraction of sp³-hybridized carbons (Fsp3) is 0.436. The lowest BCUT2D eigenvalue weighted by atomic mass is 9.91. The summed E-state index contributed by atoms with van der Waals surface area (Å²) < 4.78 is 4.82. The second-order valence-corrected chi connectivity index (χ2v) is 14.4. The van der Waals surface area contributed by atoms with Crippen molar-refractivity contribution in [1.29, 1.82) is 0 Å². The Bertz CT molecular complexity index is 2060. The van der Waals surface area contributed by atoms with E-state index in [-0.39, 0.29) is 23.9 Å². The van der Waals surface area contributed by atoms with Gasteiger partial charge in [-0.1, -0.05) is 44.2 Å². The van der Waals surface area contributed by atoms with Gasteiger partial charge in [-0.15, -0.1) is 0 Å². The number of amides is 2. The first-order valence-corrected chi connectivity index (χ1v) is 17.8. The Morgan fingerprint density at radius 1 is 0.959 bits per heavy atom. The van der Waals surface area contributed by atoms with E-state index in [1.165, 1.54) is 41.3 Å². The molecular formula is C39H45N7O3. The van der Waals surface area contributed by atoms with Gasteiger partial charge in [0.1, 0.15) is 17.7 Å². The Kier molecular flexibility index (Phi) is 8.14. The number of methoxy groups -OCH3 is 1. The molecular weight excluding hydrogens is 614 g/mol. The fourth-order valence-electron chi connectivity index (χ4n) is 8.44. The van der Waals surface area contributed by atoms with Gasteiger partial charge in [0.2, 0.25) is 5.91 Å². The molecule has 0 saturated carbocycles. The molecule has 254 valence electrons. The number of alkyl carbamates (subject to hydrolysis) is 1. The van der Waals surface area contributed by atoms with Crippen molar-refractivity contribution in [2.75, 3.05) is 13.7 Å². The van der Waals surface area contributed by atoms with Gasteiger partial charge in [-0.3, -0.25) is 4.79 Å². The van der Waals surface area contributed by atoms with Gasteiger partial charge < -0.3 is 30.2 Å². The van der Waals surface area contributed by atoms with E-state index in [9.17, 15) is 9.59 Å². The van der Waals surface area contributed by atoms with E-state index in [0.717, 1.165) is 84.2 Å². The molecule has 10 nitrogen and oxygen atoms in total. The van der Waals surface area contributed by atoms with Crippen LogP contribution in [-0.2, 0) is 22.4 Å². The van der Waals surface area contributed by atoms with Crippen LogP contribution in [0.5, 0.6) is 0 Å². The van der Waals surface area contributed by atoms with E-state index < -0.39 is 12.1 Å². The van der Waals surface area contributed by atoms with Crippen LogP contribution in [0, 0.1) is 5.92 Å². The monoisotopic (exact) mass is 659 g/mol. The number of aromatic amines is 2. The van der Waals surface area contributed by atoms with Crippen molar-refractivity contribution < 1.29 is 14.3 Å². The molecule has 0 unspecified atom stereocenters. The second-order valence-electron chi connectivity index (χ2n) is 14.4. The highest BCUT2D eigenvalue weighted by Gasteiger charge is 2.41. The molecule has 4 heterocycles. The number of nitrogens with zero attached hydrogens (tertiary/aromatic N) is 3. The number of aromatic nitrogens is 4. The molecule has 2 fully saturated rings. The van der Waals surface area contributed by atoms with E-state index in [2.05, 4.69) is 70.0 Å². The highest BCUT2D eigenvalue weighted by molar-refractivity contribution is 6.05. The molecule has 0 spiro atoms. The zero-order valence-electron chi connectivity index (χ0n) is 28.7. The summed E-state index contributed by atoms with van der Waals surface area (Å²) in [5.74, 6) is 1.62. The Hall–Kier alpha value is -4.70. The van der Waals surface area contributed by atoms with Crippen LogP contribution in [0.2, 0.25) is 0 Å². The first-order valence-electron chi connectivity index (χ1n) is 17.8. The summed E-state index contributed by atoms with van der Waals surface area (Å²) in [4.78, 5) is 44.9.